The van der Waals surface area contributed by atoms with Crippen LogP contribution in [0.2, 0.25) is 0 Å². The average molecular weight is 262 g/mol. The van der Waals surface area contributed by atoms with Gasteiger partial charge >= 0.3 is 7.60 Å². The fourth-order valence-corrected chi connectivity index (χ4v) is 2.37. The molecule has 0 aromatic heterocycles. The van der Waals surface area contributed by atoms with Crippen LogP contribution in [-0.2, 0) is 4.57 Å². The normalized spacial score (nSPS) is 13.9. The average Bonchev–Trinajstić information content (AvgIpc) is 2.31. The van der Waals surface area contributed by atoms with Crippen LogP contribution in [0.25, 0.3) is 11.1 Å². The van der Waals surface area contributed by atoms with E-state index in [0.29, 0.717) is 5.75 Å². The maximum absolute atomic E-state index is 11.5. The number of rotatable bonds is 3. The smallest absolute Gasteiger partial charge is 0.373 e. The zero-order chi connectivity index (χ0) is 13.2. The van der Waals surface area contributed by atoms with Crippen LogP contribution in [0.15, 0.2) is 48.5 Å². The first-order valence-electron chi connectivity index (χ1n) is 5.62. The lowest BCUT2D eigenvalue weighted by atomic mass is 10.0. The Morgan fingerprint density at radius 1 is 1.06 bits per heavy atom. The zero-order valence-corrected chi connectivity index (χ0v) is 11.2. The first-order valence-corrected chi connectivity index (χ1v) is 7.65. The van der Waals surface area contributed by atoms with Crippen LogP contribution in [0.5, 0.6) is 5.75 Å². The van der Waals surface area contributed by atoms with Gasteiger partial charge in [-0.1, -0.05) is 48.5 Å². The van der Waals surface area contributed by atoms with E-state index in [9.17, 15) is 9.46 Å². The van der Waals surface area contributed by atoms with Crippen molar-refractivity contribution in [3.8, 4) is 16.9 Å². The summed E-state index contributed by atoms with van der Waals surface area (Å²) in [5, 5.41) is 0. The molecule has 0 radical (unpaired) electrons. The van der Waals surface area contributed by atoms with E-state index in [2.05, 4.69) is 0 Å². The second-order valence-electron chi connectivity index (χ2n) is 4.21. The van der Waals surface area contributed by atoms with Crippen molar-refractivity contribution in [1.82, 2.24) is 0 Å². The Hall–Kier alpha value is -1.57. The van der Waals surface area contributed by atoms with E-state index >= 15 is 0 Å². The van der Waals surface area contributed by atoms with E-state index < -0.39 is 7.60 Å². The van der Waals surface area contributed by atoms with Gasteiger partial charge in [-0.25, -0.2) is 4.57 Å². The summed E-state index contributed by atoms with van der Waals surface area (Å²) in [6, 6.07) is 15.3. The summed E-state index contributed by atoms with van der Waals surface area (Å²) < 4.78 is 16.7. The molecule has 0 bridgehead atoms. The third kappa shape index (κ3) is 3.00. The Bertz CT molecular complexity index is 587. The number of para-hydroxylation sites is 1. The molecule has 2 aromatic carbocycles. The first kappa shape index (κ1) is 12.9. The molecule has 0 saturated heterocycles. The van der Waals surface area contributed by atoms with Gasteiger partial charge in [-0.3, -0.25) is 0 Å². The van der Waals surface area contributed by atoms with Crippen molar-refractivity contribution in [2.45, 2.75) is 6.92 Å². The summed E-state index contributed by atoms with van der Waals surface area (Å²) in [7, 11) is -3.56. The summed E-state index contributed by atoms with van der Waals surface area (Å²) >= 11 is 0. The molecule has 0 spiro atoms. The van der Waals surface area contributed by atoms with E-state index in [1.807, 2.05) is 55.5 Å². The third-order valence-electron chi connectivity index (χ3n) is 2.56. The molecule has 0 fully saturated rings. The first-order chi connectivity index (χ1) is 8.47. The molecule has 0 saturated carbocycles. The van der Waals surface area contributed by atoms with E-state index in [-0.39, 0.29) is 0 Å². The van der Waals surface area contributed by atoms with Gasteiger partial charge in [0.2, 0.25) is 0 Å². The second-order valence-corrected chi connectivity index (χ2v) is 6.00. The highest BCUT2D eigenvalue weighted by atomic mass is 31.2. The van der Waals surface area contributed by atoms with Crippen molar-refractivity contribution in [1.29, 1.82) is 0 Å². The van der Waals surface area contributed by atoms with Crippen LogP contribution in [-0.4, -0.2) is 11.6 Å². The Morgan fingerprint density at radius 3 is 2.33 bits per heavy atom. The summed E-state index contributed by atoms with van der Waals surface area (Å²) in [5.41, 5.74) is 2.63. The molecule has 0 aliphatic heterocycles. The molecule has 2 rings (SSSR count). The van der Waals surface area contributed by atoms with E-state index in [1.54, 1.807) is 0 Å². The third-order valence-corrected chi connectivity index (χ3v) is 3.08. The van der Waals surface area contributed by atoms with Gasteiger partial charge in [0, 0.05) is 12.2 Å². The zero-order valence-electron chi connectivity index (χ0n) is 10.3. The number of benzene rings is 2. The molecule has 0 aliphatic carbocycles. The molecule has 18 heavy (non-hydrogen) atoms. The highest BCUT2D eigenvalue weighted by Gasteiger charge is 2.17. The maximum atomic E-state index is 11.5. The van der Waals surface area contributed by atoms with Crippen LogP contribution in [0.4, 0.5) is 0 Å². The molecular formula is C14H15O3P. The topological polar surface area (TPSA) is 46.5 Å². The summed E-state index contributed by atoms with van der Waals surface area (Å²) in [4.78, 5) is 9.40. The van der Waals surface area contributed by atoms with Crippen LogP contribution >= 0.6 is 7.60 Å². The van der Waals surface area contributed by atoms with Crippen molar-refractivity contribution in [3.63, 3.8) is 0 Å². The number of aryl methyl sites for hydroxylation is 1. The predicted molar refractivity (Wildman–Crippen MR) is 73.0 cm³/mol. The minimum absolute atomic E-state index is 0.469. The molecule has 1 N–H and O–H groups in total. The Labute approximate surface area is 107 Å². The van der Waals surface area contributed by atoms with Crippen molar-refractivity contribution in [2.24, 2.45) is 0 Å². The summed E-state index contributed by atoms with van der Waals surface area (Å²) in [6.07, 6.45) is 0. The Morgan fingerprint density at radius 2 is 1.72 bits per heavy atom. The molecule has 1 unspecified atom stereocenters. The fourth-order valence-electron chi connectivity index (χ4n) is 1.79. The van der Waals surface area contributed by atoms with Gasteiger partial charge in [0.05, 0.1) is 0 Å². The number of hydrogen-bond acceptors (Lipinski definition) is 2. The van der Waals surface area contributed by atoms with Gasteiger partial charge in [0.1, 0.15) is 5.75 Å². The van der Waals surface area contributed by atoms with Crippen molar-refractivity contribution >= 4 is 7.60 Å². The lowest BCUT2D eigenvalue weighted by Gasteiger charge is -2.15. The van der Waals surface area contributed by atoms with Gasteiger partial charge in [-0.15, -0.1) is 0 Å². The van der Waals surface area contributed by atoms with Crippen LogP contribution < -0.4 is 4.52 Å². The molecule has 0 heterocycles. The lowest BCUT2D eigenvalue weighted by molar-refractivity contribution is 0.387. The van der Waals surface area contributed by atoms with Gasteiger partial charge in [0.15, 0.2) is 0 Å². The maximum Gasteiger partial charge on any atom is 0.373 e. The Kier molecular flexibility index (Phi) is 3.55. The highest BCUT2D eigenvalue weighted by molar-refractivity contribution is 7.52. The second kappa shape index (κ2) is 4.97. The van der Waals surface area contributed by atoms with Gasteiger partial charge < -0.3 is 9.42 Å². The lowest BCUT2D eigenvalue weighted by Crippen LogP contribution is -1.94. The van der Waals surface area contributed by atoms with Gasteiger partial charge in [-0.2, -0.15) is 0 Å². The molecule has 2 aromatic rings. The largest absolute Gasteiger partial charge is 0.424 e. The fraction of sp³-hybridized carbons (Fsp3) is 0.143. The SMILES string of the molecule is Cc1cccc(-c2ccccc2)c1OP(C)(=O)O. The monoisotopic (exact) mass is 262 g/mol. The molecular weight excluding hydrogens is 247 g/mol. The molecule has 0 amide bonds. The summed E-state index contributed by atoms with van der Waals surface area (Å²) in [6.45, 7) is 3.05. The van der Waals surface area contributed by atoms with Crippen molar-refractivity contribution in [3.05, 3.63) is 54.1 Å². The molecule has 0 aliphatic rings. The molecule has 3 nitrogen and oxygen atoms in total. The molecule has 4 heteroatoms. The van der Waals surface area contributed by atoms with Crippen LogP contribution in [0, 0.1) is 6.92 Å². The van der Waals surface area contributed by atoms with Crippen LogP contribution in [0.1, 0.15) is 5.56 Å². The minimum atomic E-state index is -3.56. The summed E-state index contributed by atoms with van der Waals surface area (Å²) in [5.74, 6) is 0.469. The van der Waals surface area contributed by atoms with Crippen LogP contribution in [0.3, 0.4) is 0 Å². The minimum Gasteiger partial charge on any atom is -0.424 e. The van der Waals surface area contributed by atoms with Crippen molar-refractivity contribution in [2.75, 3.05) is 6.66 Å². The molecule has 1 atom stereocenters. The quantitative estimate of drug-likeness (QED) is 0.854. The Balaban J connectivity index is 2.55. The van der Waals surface area contributed by atoms with Gasteiger partial charge in [0.25, 0.3) is 0 Å². The highest BCUT2D eigenvalue weighted by Crippen LogP contribution is 2.44. The van der Waals surface area contributed by atoms with E-state index in [0.717, 1.165) is 16.7 Å². The van der Waals surface area contributed by atoms with E-state index in [1.165, 1.54) is 6.66 Å². The van der Waals surface area contributed by atoms with Gasteiger partial charge in [-0.05, 0) is 18.1 Å². The molecule has 94 valence electrons. The van der Waals surface area contributed by atoms with E-state index in [4.69, 9.17) is 4.52 Å². The standard InChI is InChI=1S/C14H15O3P/c1-11-7-6-10-13(12-8-4-3-5-9-12)14(11)17-18(2,15)16/h3-10H,1-2H3,(H,15,16). The predicted octanol–water partition coefficient (Wildman–Crippen LogP) is 3.86. The van der Waals surface area contributed by atoms with Crippen molar-refractivity contribution < 1.29 is 14.0 Å². The number of hydrogen-bond donors (Lipinski definition) is 1.